The van der Waals surface area contributed by atoms with E-state index >= 15 is 0 Å². The number of pyridine rings is 1. The molecule has 2 rings (SSSR count). The van der Waals surface area contributed by atoms with Crippen LogP contribution in [0.3, 0.4) is 0 Å². The predicted octanol–water partition coefficient (Wildman–Crippen LogP) is 1.85. The van der Waals surface area contributed by atoms with E-state index in [2.05, 4.69) is 10.3 Å². The van der Waals surface area contributed by atoms with Gasteiger partial charge < -0.3 is 15.4 Å². The lowest BCUT2D eigenvalue weighted by atomic mass is 10.0. The molecule has 1 aromatic carbocycles. The van der Waals surface area contributed by atoms with E-state index in [9.17, 15) is 9.59 Å². The molecular weight excluding hydrogens is 280 g/mol. The average Bonchev–Trinajstić information content (AvgIpc) is 2.48. The fraction of sp³-hybridized carbons (Fsp3) is 0.294. The minimum atomic E-state index is -0.431. The van der Waals surface area contributed by atoms with Crippen LogP contribution in [0, 0.1) is 6.92 Å². The highest BCUT2D eigenvalue weighted by Crippen LogP contribution is 2.21. The van der Waals surface area contributed by atoms with Crippen LogP contribution < -0.4 is 10.9 Å². The number of amides is 1. The monoisotopic (exact) mass is 300 g/mol. The molecule has 3 N–H and O–H groups in total. The Morgan fingerprint density at radius 2 is 2.00 bits per heavy atom. The molecule has 2 aromatic rings. The van der Waals surface area contributed by atoms with Crippen LogP contribution in [0.25, 0.3) is 11.1 Å². The molecule has 1 heterocycles. The smallest absolute Gasteiger partial charge is 0.261 e. The van der Waals surface area contributed by atoms with E-state index in [1.165, 1.54) is 0 Å². The highest BCUT2D eigenvalue weighted by atomic mass is 16.3. The first-order valence-corrected chi connectivity index (χ1v) is 7.24. The molecular formula is C17H20N2O3. The number of rotatable bonds is 5. The minimum absolute atomic E-state index is 0.0129. The van der Waals surface area contributed by atoms with Gasteiger partial charge in [-0.15, -0.1) is 0 Å². The molecule has 0 saturated carbocycles. The van der Waals surface area contributed by atoms with Crippen LogP contribution in [-0.2, 0) is 0 Å². The summed E-state index contributed by atoms with van der Waals surface area (Å²) in [5.41, 5.74) is 2.14. The van der Waals surface area contributed by atoms with Crippen LogP contribution >= 0.6 is 0 Å². The Morgan fingerprint density at radius 1 is 1.32 bits per heavy atom. The molecule has 0 aliphatic rings. The normalized spacial score (nSPS) is 12.0. The van der Waals surface area contributed by atoms with Gasteiger partial charge in [0.2, 0.25) is 0 Å². The molecule has 1 amide bonds. The van der Waals surface area contributed by atoms with Crippen LogP contribution in [0.5, 0.6) is 0 Å². The number of aliphatic hydroxyl groups excluding tert-OH is 1. The number of hydrogen-bond donors (Lipinski definition) is 3. The summed E-state index contributed by atoms with van der Waals surface area (Å²) in [6, 6.07) is 11.0. The number of aliphatic hydroxyl groups is 1. The van der Waals surface area contributed by atoms with Gasteiger partial charge >= 0.3 is 0 Å². The van der Waals surface area contributed by atoms with Gasteiger partial charge in [-0.25, -0.2) is 0 Å². The van der Waals surface area contributed by atoms with E-state index < -0.39 is 11.5 Å². The number of hydrogen-bond acceptors (Lipinski definition) is 3. The average molecular weight is 300 g/mol. The van der Waals surface area contributed by atoms with Crippen LogP contribution in [0.2, 0.25) is 0 Å². The molecule has 5 nitrogen and oxygen atoms in total. The SMILES string of the molecule is Cc1[nH]c(=O)c(C(=O)NC(C)CCO)cc1-c1ccccc1. The zero-order valence-corrected chi connectivity index (χ0v) is 12.7. The number of aromatic amines is 1. The molecule has 0 fully saturated rings. The fourth-order valence-corrected chi connectivity index (χ4v) is 2.28. The van der Waals surface area contributed by atoms with Crippen molar-refractivity contribution in [3.05, 3.63) is 58.0 Å². The maximum absolute atomic E-state index is 12.2. The first kappa shape index (κ1) is 16.0. The highest BCUT2D eigenvalue weighted by Gasteiger charge is 2.16. The highest BCUT2D eigenvalue weighted by molar-refractivity contribution is 5.95. The first-order chi connectivity index (χ1) is 10.5. The number of H-pyrrole nitrogens is 1. The fourth-order valence-electron chi connectivity index (χ4n) is 2.28. The van der Waals surface area contributed by atoms with Crippen molar-refractivity contribution in [1.82, 2.24) is 10.3 Å². The van der Waals surface area contributed by atoms with Crippen molar-refractivity contribution in [2.75, 3.05) is 6.61 Å². The van der Waals surface area contributed by atoms with Crippen molar-refractivity contribution < 1.29 is 9.90 Å². The Labute approximate surface area is 129 Å². The second-order valence-electron chi connectivity index (χ2n) is 5.30. The van der Waals surface area contributed by atoms with Crippen LogP contribution in [0.15, 0.2) is 41.2 Å². The third-order valence-corrected chi connectivity index (χ3v) is 3.51. The number of aryl methyl sites for hydroxylation is 1. The first-order valence-electron chi connectivity index (χ1n) is 7.24. The molecule has 0 saturated heterocycles. The van der Waals surface area contributed by atoms with Gasteiger partial charge in [-0.1, -0.05) is 30.3 Å². The quantitative estimate of drug-likeness (QED) is 0.788. The van der Waals surface area contributed by atoms with Crippen molar-refractivity contribution in [3.8, 4) is 11.1 Å². The molecule has 0 radical (unpaired) electrons. The van der Waals surface area contributed by atoms with Crippen molar-refractivity contribution in [3.63, 3.8) is 0 Å². The van der Waals surface area contributed by atoms with Crippen LogP contribution in [0.1, 0.15) is 29.4 Å². The Bertz CT molecular complexity index is 708. The summed E-state index contributed by atoms with van der Waals surface area (Å²) in [4.78, 5) is 27.0. The zero-order chi connectivity index (χ0) is 16.1. The molecule has 1 atom stereocenters. The number of aromatic nitrogens is 1. The number of carbonyl (C=O) groups is 1. The molecule has 5 heteroatoms. The molecule has 0 aliphatic heterocycles. The lowest BCUT2D eigenvalue weighted by molar-refractivity contribution is 0.0933. The Kier molecular flexibility index (Phi) is 5.12. The molecule has 0 aliphatic carbocycles. The lowest BCUT2D eigenvalue weighted by Crippen LogP contribution is -2.36. The number of nitrogens with one attached hydrogen (secondary N) is 2. The van der Waals surface area contributed by atoms with Crippen molar-refractivity contribution >= 4 is 5.91 Å². The number of benzene rings is 1. The Hall–Kier alpha value is -2.40. The van der Waals surface area contributed by atoms with Gasteiger partial charge in [0.05, 0.1) is 0 Å². The number of carbonyl (C=O) groups excluding carboxylic acids is 1. The van der Waals surface area contributed by atoms with Gasteiger partial charge in [0, 0.05) is 23.9 Å². The van der Waals surface area contributed by atoms with Crippen molar-refractivity contribution in [2.24, 2.45) is 0 Å². The second kappa shape index (κ2) is 7.04. The standard InChI is InChI=1S/C17H20N2O3/c1-11(8-9-20)18-16(21)15-10-14(12(2)19-17(15)22)13-6-4-3-5-7-13/h3-7,10-11,20H,8-9H2,1-2H3,(H,18,21)(H,19,22). The van der Waals surface area contributed by atoms with Crippen LogP contribution in [-0.4, -0.2) is 28.6 Å². The molecule has 22 heavy (non-hydrogen) atoms. The summed E-state index contributed by atoms with van der Waals surface area (Å²) in [7, 11) is 0. The third-order valence-electron chi connectivity index (χ3n) is 3.51. The largest absolute Gasteiger partial charge is 0.396 e. The van der Waals surface area contributed by atoms with E-state index in [0.29, 0.717) is 6.42 Å². The van der Waals surface area contributed by atoms with E-state index in [1.54, 1.807) is 19.9 Å². The van der Waals surface area contributed by atoms with Crippen molar-refractivity contribution in [1.29, 1.82) is 0 Å². The van der Waals surface area contributed by atoms with E-state index in [4.69, 9.17) is 5.11 Å². The van der Waals surface area contributed by atoms with Gasteiger partial charge in [-0.2, -0.15) is 0 Å². The molecule has 1 aromatic heterocycles. The van der Waals surface area contributed by atoms with Gasteiger partial charge in [0.25, 0.3) is 11.5 Å². The Balaban J connectivity index is 2.37. The topological polar surface area (TPSA) is 82.2 Å². The summed E-state index contributed by atoms with van der Waals surface area (Å²) in [5, 5.41) is 11.6. The van der Waals surface area contributed by atoms with Gasteiger partial charge in [-0.05, 0) is 31.9 Å². The molecule has 0 bridgehead atoms. The zero-order valence-electron chi connectivity index (χ0n) is 12.7. The molecule has 116 valence electrons. The van der Waals surface area contributed by atoms with Gasteiger partial charge in [0.1, 0.15) is 5.56 Å². The van der Waals surface area contributed by atoms with Gasteiger partial charge in [-0.3, -0.25) is 9.59 Å². The third kappa shape index (κ3) is 3.62. The minimum Gasteiger partial charge on any atom is -0.396 e. The summed E-state index contributed by atoms with van der Waals surface area (Å²) in [5.74, 6) is -0.431. The van der Waals surface area contributed by atoms with E-state index in [0.717, 1.165) is 16.8 Å². The van der Waals surface area contributed by atoms with E-state index in [1.807, 2.05) is 30.3 Å². The Morgan fingerprint density at radius 3 is 2.64 bits per heavy atom. The van der Waals surface area contributed by atoms with Gasteiger partial charge in [0.15, 0.2) is 0 Å². The molecule has 1 unspecified atom stereocenters. The summed E-state index contributed by atoms with van der Waals surface area (Å²) in [6.45, 7) is 3.58. The summed E-state index contributed by atoms with van der Waals surface area (Å²) >= 11 is 0. The lowest BCUT2D eigenvalue weighted by Gasteiger charge is -2.13. The maximum Gasteiger partial charge on any atom is 0.261 e. The molecule has 0 spiro atoms. The second-order valence-corrected chi connectivity index (χ2v) is 5.30. The summed E-state index contributed by atoms with van der Waals surface area (Å²) < 4.78 is 0. The van der Waals surface area contributed by atoms with Crippen LogP contribution in [0.4, 0.5) is 0 Å². The van der Waals surface area contributed by atoms with E-state index in [-0.39, 0.29) is 18.2 Å². The summed E-state index contributed by atoms with van der Waals surface area (Å²) in [6.07, 6.45) is 0.445. The van der Waals surface area contributed by atoms with Crippen molar-refractivity contribution in [2.45, 2.75) is 26.3 Å². The predicted molar refractivity (Wildman–Crippen MR) is 85.9 cm³/mol. The maximum atomic E-state index is 12.2.